The number of rotatable bonds is 8. The van der Waals surface area contributed by atoms with E-state index in [0.29, 0.717) is 11.6 Å². The van der Waals surface area contributed by atoms with Crippen molar-refractivity contribution in [2.45, 2.75) is 6.61 Å². The second-order valence-corrected chi connectivity index (χ2v) is 5.52. The lowest BCUT2D eigenvalue weighted by Gasteiger charge is -2.13. The molecule has 0 aliphatic carbocycles. The fourth-order valence-electron chi connectivity index (χ4n) is 2.06. The Bertz CT molecular complexity index is 843. The smallest absolute Gasteiger partial charge is 0.340 e. The molecule has 1 heterocycles. The Hall–Kier alpha value is -3.54. The summed E-state index contributed by atoms with van der Waals surface area (Å²) >= 11 is 0. The zero-order valence-corrected chi connectivity index (χ0v) is 14.7. The van der Waals surface area contributed by atoms with Crippen molar-refractivity contribution in [3.8, 4) is 0 Å². The standard InChI is InChI=1S/C15H19N7O5/c1-21(2)15-19-12(18-14(16)20-15)8-27-13(24)10-7-9(22(25)26)3-4-11(10)17-5-6-23/h3-4,7,17,23H,5-6,8H2,1-2H3,(H2,16,18,19,20). The first kappa shape index (κ1) is 19.8. The molecule has 0 spiro atoms. The molecule has 2 aromatic rings. The van der Waals surface area contributed by atoms with Crippen molar-refractivity contribution in [3.05, 3.63) is 39.7 Å². The van der Waals surface area contributed by atoms with Crippen LogP contribution in [0.15, 0.2) is 18.2 Å². The van der Waals surface area contributed by atoms with E-state index in [0.717, 1.165) is 6.07 Å². The highest BCUT2D eigenvalue weighted by Gasteiger charge is 2.19. The largest absolute Gasteiger partial charge is 0.454 e. The summed E-state index contributed by atoms with van der Waals surface area (Å²) in [7, 11) is 3.43. The number of nitrogens with one attached hydrogen (secondary N) is 1. The highest BCUT2D eigenvalue weighted by atomic mass is 16.6. The van der Waals surface area contributed by atoms with Gasteiger partial charge in [-0.15, -0.1) is 0 Å². The van der Waals surface area contributed by atoms with E-state index in [4.69, 9.17) is 15.6 Å². The van der Waals surface area contributed by atoms with Crippen LogP contribution in [-0.4, -0.2) is 58.2 Å². The van der Waals surface area contributed by atoms with Gasteiger partial charge in [0.2, 0.25) is 11.9 Å². The lowest BCUT2D eigenvalue weighted by molar-refractivity contribution is -0.384. The maximum atomic E-state index is 12.4. The minimum atomic E-state index is -0.815. The molecule has 0 saturated heterocycles. The second kappa shape index (κ2) is 8.71. The van der Waals surface area contributed by atoms with Gasteiger partial charge in [-0.1, -0.05) is 0 Å². The number of non-ortho nitro benzene ring substituents is 1. The molecule has 0 radical (unpaired) electrons. The van der Waals surface area contributed by atoms with Gasteiger partial charge in [-0.05, 0) is 6.07 Å². The third-order valence-electron chi connectivity index (χ3n) is 3.28. The first-order chi connectivity index (χ1) is 12.8. The summed E-state index contributed by atoms with van der Waals surface area (Å²) in [6, 6.07) is 3.71. The Morgan fingerprint density at radius 2 is 2.11 bits per heavy atom. The number of esters is 1. The number of nitrogen functional groups attached to an aromatic ring is 1. The number of aliphatic hydroxyl groups is 1. The molecule has 12 nitrogen and oxygen atoms in total. The first-order valence-corrected chi connectivity index (χ1v) is 7.80. The summed E-state index contributed by atoms with van der Waals surface area (Å²) in [4.78, 5) is 36.3. The normalized spacial score (nSPS) is 10.3. The molecular weight excluding hydrogens is 358 g/mol. The van der Waals surface area contributed by atoms with Gasteiger partial charge in [0.25, 0.3) is 5.69 Å². The van der Waals surface area contributed by atoms with Crippen LogP contribution in [0.5, 0.6) is 0 Å². The monoisotopic (exact) mass is 377 g/mol. The molecule has 0 aliphatic rings. The number of carbonyl (C=O) groups is 1. The van der Waals surface area contributed by atoms with E-state index in [1.165, 1.54) is 12.1 Å². The van der Waals surface area contributed by atoms with Gasteiger partial charge in [0.05, 0.1) is 17.1 Å². The van der Waals surface area contributed by atoms with E-state index in [9.17, 15) is 14.9 Å². The van der Waals surface area contributed by atoms with Crippen LogP contribution in [0, 0.1) is 10.1 Å². The molecule has 2 rings (SSSR count). The maximum absolute atomic E-state index is 12.4. The van der Waals surface area contributed by atoms with E-state index in [1.807, 2.05) is 0 Å². The SMILES string of the molecule is CN(C)c1nc(N)nc(COC(=O)c2cc([N+](=O)[O-])ccc2NCCO)n1. The number of aliphatic hydroxyl groups excluding tert-OH is 1. The fourth-order valence-corrected chi connectivity index (χ4v) is 2.06. The Balaban J connectivity index is 2.21. The highest BCUT2D eigenvalue weighted by molar-refractivity contribution is 5.96. The van der Waals surface area contributed by atoms with Crippen molar-refractivity contribution in [2.75, 3.05) is 43.2 Å². The highest BCUT2D eigenvalue weighted by Crippen LogP contribution is 2.23. The summed E-state index contributed by atoms with van der Waals surface area (Å²) in [5.74, 6) is -0.408. The number of hydrogen-bond acceptors (Lipinski definition) is 11. The zero-order chi connectivity index (χ0) is 20.0. The minimum Gasteiger partial charge on any atom is -0.454 e. The summed E-state index contributed by atoms with van der Waals surface area (Å²) in [6.45, 7) is -0.314. The molecule has 27 heavy (non-hydrogen) atoms. The third kappa shape index (κ3) is 5.22. The molecule has 4 N–H and O–H groups in total. The number of nitrogens with zero attached hydrogens (tertiary/aromatic N) is 5. The summed E-state index contributed by atoms with van der Waals surface area (Å²) < 4.78 is 5.17. The van der Waals surface area contributed by atoms with Crippen molar-refractivity contribution >= 4 is 29.2 Å². The Kier molecular flexibility index (Phi) is 6.38. The number of hydrogen-bond donors (Lipinski definition) is 3. The van der Waals surface area contributed by atoms with Crippen LogP contribution in [0.2, 0.25) is 0 Å². The summed E-state index contributed by atoms with van der Waals surface area (Å²) in [5.41, 5.74) is 5.59. The van der Waals surface area contributed by atoms with Gasteiger partial charge in [0, 0.05) is 38.5 Å². The zero-order valence-electron chi connectivity index (χ0n) is 14.7. The van der Waals surface area contributed by atoms with Gasteiger partial charge in [0.1, 0.15) is 0 Å². The van der Waals surface area contributed by atoms with Crippen molar-refractivity contribution in [1.82, 2.24) is 15.0 Å². The van der Waals surface area contributed by atoms with E-state index in [2.05, 4.69) is 20.3 Å². The third-order valence-corrected chi connectivity index (χ3v) is 3.28. The molecule has 0 bridgehead atoms. The lowest BCUT2D eigenvalue weighted by atomic mass is 10.1. The quantitative estimate of drug-likeness (QED) is 0.326. The van der Waals surface area contributed by atoms with Gasteiger partial charge < -0.3 is 25.8 Å². The van der Waals surface area contributed by atoms with Crippen molar-refractivity contribution in [3.63, 3.8) is 0 Å². The average molecular weight is 377 g/mol. The van der Waals surface area contributed by atoms with Crippen molar-refractivity contribution in [1.29, 1.82) is 0 Å². The maximum Gasteiger partial charge on any atom is 0.340 e. The van der Waals surface area contributed by atoms with Crippen molar-refractivity contribution < 1.29 is 19.6 Å². The fraction of sp³-hybridized carbons (Fsp3) is 0.333. The number of anilines is 3. The molecule has 0 unspecified atom stereocenters. The van der Waals surface area contributed by atoms with Crippen LogP contribution in [0.3, 0.4) is 0 Å². The molecule has 0 saturated carbocycles. The van der Waals surface area contributed by atoms with Crippen LogP contribution < -0.4 is 16.0 Å². The molecule has 0 atom stereocenters. The predicted octanol–water partition coefficient (Wildman–Crippen LogP) is 0.189. The molecule has 0 aliphatic heterocycles. The average Bonchev–Trinajstić information content (AvgIpc) is 2.63. The first-order valence-electron chi connectivity index (χ1n) is 7.80. The number of carbonyl (C=O) groups excluding carboxylic acids is 1. The van der Waals surface area contributed by atoms with Crippen LogP contribution in [-0.2, 0) is 11.3 Å². The Labute approximate surface area is 154 Å². The topological polar surface area (TPSA) is 170 Å². The number of nitro benzene ring substituents is 1. The molecule has 1 aromatic heterocycles. The lowest BCUT2D eigenvalue weighted by Crippen LogP contribution is -2.17. The summed E-state index contributed by atoms with van der Waals surface area (Å²) in [6.07, 6.45) is 0. The van der Waals surface area contributed by atoms with Gasteiger partial charge in [-0.25, -0.2) is 4.79 Å². The predicted molar refractivity (Wildman–Crippen MR) is 96.4 cm³/mol. The molecule has 144 valence electrons. The Morgan fingerprint density at radius 1 is 1.37 bits per heavy atom. The van der Waals surface area contributed by atoms with Crippen LogP contribution in [0.1, 0.15) is 16.2 Å². The number of nitro groups is 1. The van der Waals surface area contributed by atoms with Crippen LogP contribution in [0.25, 0.3) is 0 Å². The number of nitrogens with two attached hydrogens (primary N) is 1. The second-order valence-electron chi connectivity index (χ2n) is 5.52. The summed E-state index contributed by atoms with van der Waals surface area (Å²) in [5, 5.41) is 22.7. The minimum absolute atomic E-state index is 0.0274. The van der Waals surface area contributed by atoms with Crippen molar-refractivity contribution in [2.24, 2.45) is 0 Å². The van der Waals surface area contributed by atoms with E-state index >= 15 is 0 Å². The van der Waals surface area contributed by atoms with Crippen LogP contribution in [0.4, 0.5) is 23.3 Å². The molecule has 0 fully saturated rings. The number of benzene rings is 1. The molecule has 0 amide bonds. The number of ether oxygens (including phenoxy) is 1. The van der Waals surface area contributed by atoms with E-state index in [-0.39, 0.29) is 42.8 Å². The van der Waals surface area contributed by atoms with E-state index < -0.39 is 10.9 Å². The van der Waals surface area contributed by atoms with Gasteiger partial charge in [0.15, 0.2) is 12.4 Å². The Morgan fingerprint density at radius 3 is 2.74 bits per heavy atom. The molecule has 12 heteroatoms. The van der Waals surface area contributed by atoms with Crippen LogP contribution >= 0.6 is 0 Å². The number of aromatic nitrogens is 3. The molecular formula is C15H19N7O5. The van der Waals surface area contributed by atoms with Gasteiger partial charge in [-0.3, -0.25) is 10.1 Å². The van der Waals surface area contributed by atoms with E-state index in [1.54, 1.807) is 19.0 Å². The van der Waals surface area contributed by atoms with Gasteiger partial charge >= 0.3 is 5.97 Å². The van der Waals surface area contributed by atoms with Gasteiger partial charge in [-0.2, -0.15) is 15.0 Å². The molecule has 1 aromatic carbocycles.